The smallest absolute Gasteiger partial charge is 0.228 e. The van der Waals surface area contributed by atoms with E-state index < -0.39 is 0 Å². The summed E-state index contributed by atoms with van der Waals surface area (Å²) in [6, 6.07) is 17.2. The van der Waals surface area contributed by atoms with Crippen molar-refractivity contribution in [1.82, 2.24) is 4.90 Å². The van der Waals surface area contributed by atoms with E-state index >= 15 is 0 Å². The van der Waals surface area contributed by atoms with Crippen LogP contribution in [-0.2, 0) is 9.59 Å². The molecular weight excluding hydrogens is 364 g/mol. The number of hydrogen-bond acceptors (Lipinski definition) is 3. The molecule has 0 bridgehead atoms. The van der Waals surface area contributed by atoms with E-state index in [4.69, 9.17) is 4.74 Å². The summed E-state index contributed by atoms with van der Waals surface area (Å²) in [5.74, 6) is 0.766. The molecule has 0 saturated carbocycles. The van der Waals surface area contributed by atoms with Crippen molar-refractivity contribution in [3.8, 4) is 5.75 Å². The molecular formula is C24H28N2O3. The van der Waals surface area contributed by atoms with Crippen LogP contribution in [-0.4, -0.2) is 36.9 Å². The van der Waals surface area contributed by atoms with E-state index in [9.17, 15) is 9.59 Å². The highest BCUT2D eigenvalue weighted by atomic mass is 16.5. The maximum atomic E-state index is 13.5. The van der Waals surface area contributed by atoms with Gasteiger partial charge >= 0.3 is 0 Å². The molecule has 2 amide bonds. The third kappa shape index (κ3) is 4.00. The number of carbonyl (C=O) groups is 2. The summed E-state index contributed by atoms with van der Waals surface area (Å²) < 4.78 is 5.27. The number of nitrogens with zero attached hydrogens (tertiary/aromatic N) is 2. The Labute approximate surface area is 172 Å². The second-order valence-electron chi connectivity index (χ2n) is 7.85. The van der Waals surface area contributed by atoms with E-state index in [1.165, 1.54) is 6.42 Å². The summed E-state index contributed by atoms with van der Waals surface area (Å²) >= 11 is 0. The Morgan fingerprint density at radius 3 is 2.31 bits per heavy atom. The number of amides is 2. The van der Waals surface area contributed by atoms with E-state index in [1.54, 1.807) is 7.11 Å². The molecule has 0 aromatic heterocycles. The molecule has 2 aromatic rings. The van der Waals surface area contributed by atoms with E-state index in [1.807, 2.05) is 64.4 Å². The van der Waals surface area contributed by atoms with E-state index in [-0.39, 0.29) is 23.8 Å². The van der Waals surface area contributed by atoms with Gasteiger partial charge in [-0.2, -0.15) is 0 Å². The number of ether oxygens (including phenoxy) is 1. The molecule has 5 heteroatoms. The summed E-state index contributed by atoms with van der Waals surface area (Å²) in [7, 11) is 1.63. The van der Waals surface area contributed by atoms with Crippen molar-refractivity contribution in [1.29, 1.82) is 0 Å². The van der Waals surface area contributed by atoms with Gasteiger partial charge in [-0.3, -0.25) is 9.59 Å². The zero-order valence-corrected chi connectivity index (χ0v) is 16.9. The van der Waals surface area contributed by atoms with Gasteiger partial charge in [-0.1, -0.05) is 30.3 Å². The largest absolute Gasteiger partial charge is 0.497 e. The summed E-state index contributed by atoms with van der Waals surface area (Å²) in [6.07, 6.45) is 4.30. The molecule has 2 fully saturated rings. The van der Waals surface area contributed by atoms with Gasteiger partial charge in [0.15, 0.2) is 0 Å². The highest BCUT2D eigenvalue weighted by Crippen LogP contribution is 2.41. The van der Waals surface area contributed by atoms with E-state index in [0.717, 1.165) is 42.9 Å². The van der Waals surface area contributed by atoms with Crippen molar-refractivity contribution in [2.45, 2.75) is 38.1 Å². The lowest BCUT2D eigenvalue weighted by Crippen LogP contribution is -2.50. The van der Waals surface area contributed by atoms with Gasteiger partial charge in [0, 0.05) is 25.2 Å². The van der Waals surface area contributed by atoms with Gasteiger partial charge in [-0.05, 0) is 55.5 Å². The normalized spacial score (nSPS) is 22.4. The first-order valence-corrected chi connectivity index (χ1v) is 10.5. The number of carbonyl (C=O) groups excluding carboxylic acids is 2. The van der Waals surface area contributed by atoms with Gasteiger partial charge < -0.3 is 14.5 Å². The third-order valence-corrected chi connectivity index (χ3v) is 6.07. The van der Waals surface area contributed by atoms with Gasteiger partial charge in [-0.15, -0.1) is 0 Å². The molecule has 0 radical (unpaired) electrons. The molecule has 4 rings (SSSR count). The van der Waals surface area contributed by atoms with Crippen LogP contribution in [0.15, 0.2) is 54.6 Å². The maximum absolute atomic E-state index is 13.5. The maximum Gasteiger partial charge on any atom is 0.228 e. The SMILES string of the molecule is COc1ccc(N2C(=O)CCC(C(=O)N3CCCCC3)C2c2ccccc2)cc1. The highest BCUT2D eigenvalue weighted by Gasteiger charge is 2.42. The van der Waals surface area contributed by atoms with E-state index in [2.05, 4.69) is 0 Å². The lowest BCUT2D eigenvalue weighted by molar-refractivity contribution is -0.139. The minimum atomic E-state index is -0.291. The Bertz CT molecular complexity index is 844. The molecule has 2 aliphatic rings. The molecule has 29 heavy (non-hydrogen) atoms. The Morgan fingerprint density at radius 2 is 1.66 bits per heavy atom. The van der Waals surface area contributed by atoms with Crippen LogP contribution in [0.2, 0.25) is 0 Å². The van der Waals surface area contributed by atoms with Gasteiger partial charge in [0.2, 0.25) is 11.8 Å². The monoisotopic (exact) mass is 392 g/mol. The second kappa shape index (κ2) is 8.68. The third-order valence-electron chi connectivity index (χ3n) is 6.07. The van der Waals surface area contributed by atoms with E-state index in [0.29, 0.717) is 12.8 Å². The first kappa shape index (κ1) is 19.5. The first-order valence-electron chi connectivity index (χ1n) is 10.5. The van der Waals surface area contributed by atoms with Crippen LogP contribution in [0, 0.1) is 5.92 Å². The average molecular weight is 392 g/mol. The van der Waals surface area contributed by atoms with Gasteiger partial charge in [-0.25, -0.2) is 0 Å². The zero-order valence-electron chi connectivity index (χ0n) is 16.9. The fourth-order valence-corrected chi connectivity index (χ4v) is 4.58. The summed E-state index contributed by atoms with van der Waals surface area (Å²) in [5.41, 5.74) is 1.81. The van der Waals surface area contributed by atoms with Crippen molar-refractivity contribution in [2.24, 2.45) is 5.92 Å². The lowest BCUT2D eigenvalue weighted by atomic mass is 9.82. The number of anilines is 1. The Balaban J connectivity index is 1.72. The Hall–Kier alpha value is -2.82. The number of piperidine rings is 2. The molecule has 5 nitrogen and oxygen atoms in total. The predicted octanol–water partition coefficient (Wildman–Crippen LogP) is 4.19. The molecule has 2 saturated heterocycles. The van der Waals surface area contributed by atoms with Crippen LogP contribution >= 0.6 is 0 Å². The molecule has 2 heterocycles. The summed E-state index contributed by atoms with van der Waals surface area (Å²) in [6.45, 7) is 1.65. The zero-order chi connectivity index (χ0) is 20.2. The Kier molecular flexibility index (Phi) is 5.84. The fourth-order valence-electron chi connectivity index (χ4n) is 4.58. The molecule has 2 unspecified atom stereocenters. The minimum Gasteiger partial charge on any atom is -0.497 e. The van der Waals surface area contributed by atoms with Crippen molar-refractivity contribution in [3.63, 3.8) is 0 Å². The number of rotatable bonds is 4. The molecule has 0 aliphatic carbocycles. The van der Waals surface area contributed by atoms with Gasteiger partial charge in [0.25, 0.3) is 0 Å². The van der Waals surface area contributed by atoms with Gasteiger partial charge in [0.1, 0.15) is 5.75 Å². The first-order chi connectivity index (χ1) is 14.2. The summed E-state index contributed by atoms with van der Waals surface area (Å²) in [5, 5.41) is 0. The lowest BCUT2D eigenvalue weighted by Gasteiger charge is -2.43. The van der Waals surface area contributed by atoms with Crippen LogP contribution in [0.1, 0.15) is 43.7 Å². The van der Waals surface area contributed by atoms with Crippen LogP contribution in [0.5, 0.6) is 5.75 Å². The van der Waals surface area contributed by atoms with Crippen LogP contribution in [0.4, 0.5) is 5.69 Å². The van der Waals surface area contributed by atoms with Crippen molar-refractivity contribution < 1.29 is 14.3 Å². The molecule has 152 valence electrons. The van der Waals surface area contributed by atoms with Crippen LogP contribution < -0.4 is 9.64 Å². The Morgan fingerprint density at radius 1 is 0.966 bits per heavy atom. The fraction of sp³-hybridized carbons (Fsp3) is 0.417. The van der Waals surface area contributed by atoms with Crippen molar-refractivity contribution in [3.05, 3.63) is 60.2 Å². The standard InChI is InChI=1S/C24H28N2O3/c1-29-20-12-10-19(11-13-20)26-22(27)15-14-21(23(26)18-8-4-2-5-9-18)24(28)25-16-6-3-7-17-25/h2,4-5,8-13,21,23H,3,6-7,14-17H2,1H3. The number of hydrogen-bond donors (Lipinski definition) is 0. The summed E-state index contributed by atoms with van der Waals surface area (Å²) in [4.78, 5) is 30.4. The van der Waals surface area contributed by atoms with Gasteiger partial charge in [0.05, 0.1) is 19.1 Å². The predicted molar refractivity (Wildman–Crippen MR) is 113 cm³/mol. The van der Waals surface area contributed by atoms with Crippen LogP contribution in [0.3, 0.4) is 0 Å². The minimum absolute atomic E-state index is 0.0618. The topological polar surface area (TPSA) is 49.9 Å². The molecule has 0 N–H and O–H groups in total. The quantitative estimate of drug-likeness (QED) is 0.784. The average Bonchev–Trinajstić information content (AvgIpc) is 2.79. The van der Waals surface area contributed by atoms with Crippen LogP contribution in [0.25, 0.3) is 0 Å². The second-order valence-corrected chi connectivity index (χ2v) is 7.85. The highest BCUT2D eigenvalue weighted by molar-refractivity contribution is 5.97. The molecule has 2 aliphatic heterocycles. The van der Waals surface area contributed by atoms with Crippen molar-refractivity contribution >= 4 is 17.5 Å². The number of likely N-dealkylation sites (tertiary alicyclic amines) is 1. The molecule has 2 aromatic carbocycles. The number of benzene rings is 2. The molecule has 2 atom stereocenters. The number of methoxy groups -OCH3 is 1. The van der Waals surface area contributed by atoms with Crippen molar-refractivity contribution in [2.75, 3.05) is 25.1 Å². The molecule has 0 spiro atoms.